The zero-order valence-corrected chi connectivity index (χ0v) is 17.8. The molecular formula is C18H27IN4O4. The highest BCUT2D eigenvalue weighted by atomic mass is 127. The molecule has 8 nitrogen and oxygen atoms in total. The monoisotopic (exact) mass is 490 g/mol. The molecule has 2 unspecified atom stereocenters. The number of ether oxygens (including phenoxy) is 2. The van der Waals surface area contributed by atoms with E-state index in [9.17, 15) is 10.1 Å². The number of nitrogens with one attached hydrogen (secondary N) is 1. The summed E-state index contributed by atoms with van der Waals surface area (Å²) in [6.07, 6.45) is 2.40. The zero-order valence-electron chi connectivity index (χ0n) is 15.5. The Morgan fingerprint density at radius 2 is 2.04 bits per heavy atom. The number of hydrogen-bond donors (Lipinski definition) is 1. The predicted octanol–water partition coefficient (Wildman–Crippen LogP) is 2.56. The van der Waals surface area contributed by atoms with E-state index in [1.807, 2.05) is 6.92 Å². The van der Waals surface area contributed by atoms with Gasteiger partial charge in [0.1, 0.15) is 6.10 Å². The van der Waals surface area contributed by atoms with Crippen LogP contribution in [0.25, 0.3) is 0 Å². The Balaban J connectivity index is 0.00000261. The van der Waals surface area contributed by atoms with E-state index in [1.165, 1.54) is 12.1 Å². The molecule has 2 aliphatic rings. The highest BCUT2D eigenvalue weighted by Gasteiger charge is 2.32. The summed E-state index contributed by atoms with van der Waals surface area (Å²) in [5.74, 6) is 0.845. The highest BCUT2D eigenvalue weighted by Crippen LogP contribution is 2.21. The molecule has 0 bridgehead atoms. The molecule has 2 atom stereocenters. The molecule has 0 aromatic heterocycles. The third-order valence-corrected chi connectivity index (χ3v) is 4.67. The van der Waals surface area contributed by atoms with E-state index in [4.69, 9.17) is 14.5 Å². The number of rotatable bonds is 5. The molecular weight excluding hydrogens is 463 g/mol. The van der Waals surface area contributed by atoms with Crippen molar-refractivity contribution < 1.29 is 14.4 Å². The molecule has 27 heavy (non-hydrogen) atoms. The highest BCUT2D eigenvalue weighted by molar-refractivity contribution is 14.0. The largest absolute Gasteiger partial charge is 0.375 e. The Labute approximate surface area is 176 Å². The van der Waals surface area contributed by atoms with Gasteiger partial charge in [-0.1, -0.05) is 12.1 Å². The average molecular weight is 490 g/mol. The molecule has 0 aliphatic carbocycles. The Morgan fingerprint density at radius 1 is 1.30 bits per heavy atom. The fraction of sp³-hybridized carbons (Fsp3) is 0.611. The molecule has 150 valence electrons. The number of hydrogen-bond acceptors (Lipinski definition) is 5. The summed E-state index contributed by atoms with van der Waals surface area (Å²) >= 11 is 0. The van der Waals surface area contributed by atoms with Gasteiger partial charge >= 0.3 is 0 Å². The van der Waals surface area contributed by atoms with Gasteiger partial charge < -0.3 is 19.7 Å². The van der Waals surface area contributed by atoms with E-state index < -0.39 is 4.92 Å². The van der Waals surface area contributed by atoms with E-state index in [0.29, 0.717) is 13.2 Å². The number of nitro benzene ring substituents is 1. The first-order valence-electron chi connectivity index (χ1n) is 9.17. The summed E-state index contributed by atoms with van der Waals surface area (Å²) in [5.41, 5.74) is 1.03. The number of benzene rings is 1. The first-order chi connectivity index (χ1) is 12.7. The number of nitrogens with zero attached hydrogens (tertiary/aromatic N) is 3. The van der Waals surface area contributed by atoms with Crippen LogP contribution >= 0.6 is 24.0 Å². The number of nitro groups is 1. The number of halogens is 1. The van der Waals surface area contributed by atoms with Crippen LogP contribution in [0.1, 0.15) is 25.3 Å². The second-order valence-corrected chi connectivity index (χ2v) is 6.50. The summed E-state index contributed by atoms with van der Waals surface area (Å²) in [6.45, 7) is 6.32. The van der Waals surface area contributed by atoms with Gasteiger partial charge in [-0.3, -0.25) is 10.1 Å². The van der Waals surface area contributed by atoms with Crippen LogP contribution in [0, 0.1) is 10.1 Å². The molecule has 9 heteroatoms. The van der Waals surface area contributed by atoms with Gasteiger partial charge in [-0.15, -0.1) is 24.0 Å². The molecule has 3 rings (SSSR count). The quantitative estimate of drug-likeness (QED) is 0.225. The van der Waals surface area contributed by atoms with Gasteiger partial charge in [0.25, 0.3) is 5.69 Å². The van der Waals surface area contributed by atoms with Gasteiger partial charge in [0.2, 0.25) is 0 Å². The summed E-state index contributed by atoms with van der Waals surface area (Å²) < 4.78 is 11.7. The van der Waals surface area contributed by atoms with Crippen LogP contribution in [-0.2, 0) is 16.0 Å². The molecule has 1 N–H and O–H groups in total. The van der Waals surface area contributed by atoms with E-state index in [2.05, 4.69) is 10.2 Å². The van der Waals surface area contributed by atoms with Gasteiger partial charge in [0.05, 0.1) is 24.2 Å². The van der Waals surface area contributed by atoms with Crippen molar-refractivity contribution in [2.75, 3.05) is 32.8 Å². The maximum absolute atomic E-state index is 10.7. The van der Waals surface area contributed by atoms with E-state index in [1.54, 1.807) is 12.1 Å². The molecule has 2 saturated heterocycles. The standard InChI is InChI=1S/C18H26N4O4.HI/c1-2-19-18(20-12-14-5-7-15(8-6-14)22(23)24)21-9-11-26-17(13-21)16-4-3-10-25-16;/h5-8,16-17H,2-4,9-13H2,1H3,(H,19,20);1H. The third kappa shape index (κ3) is 6.01. The third-order valence-electron chi connectivity index (χ3n) is 4.67. The number of non-ortho nitro benzene ring substituents is 1. The lowest BCUT2D eigenvalue weighted by Gasteiger charge is -2.37. The second kappa shape index (κ2) is 10.8. The van der Waals surface area contributed by atoms with Crippen molar-refractivity contribution in [1.82, 2.24) is 10.2 Å². The first-order valence-corrected chi connectivity index (χ1v) is 9.17. The van der Waals surface area contributed by atoms with Crippen LogP contribution in [0.5, 0.6) is 0 Å². The minimum absolute atomic E-state index is 0. The lowest BCUT2D eigenvalue weighted by molar-refractivity contribution is -0.384. The lowest BCUT2D eigenvalue weighted by atomic mass is 10.1. The maximum Gasteiger partial charge on any atom is 0.269 e. The van der Waals surface area contributed by atoms with Crippen molar-refractivity contribution in [3.05, 3.63) is 39.9 Å². The first kappa shape index (κ1) is 21.8. The smallest absolute Gasteiger partial charge is 0.269 e. The molecule has 0 amide bonds. The van der Waals surface area contributed by atoms with Gasteiger partial charge in [0, 0.05) is 38.4 Å². The molecule has 2 fully saturated rings. The molecule has 0 saturated carbocycles. The van der Waals surface area contributed by atoms with Crippen molar-refractivity contribution in [3.8, 4) is 0 Å². The van der Waals surface area contributed by atoms with Crippen molar-refractivity contribution >= 4 is 35.6 Å². The van der Waals surface area contributed by atoms with Gasteiger partial charge in [-0.2, -0.15) is 0 Å². The molecule has 0 radical (unpaired) electrons. The van der Waals surface area contributed by atoms with Crippen LogP contribution < -0.4 is 5.32 Å². The van der Waals surface area contributed by atoms with Crippen LogP contribution in [0.4, 0.5) is 5.69 Å². The number of aliphatic imine (C=N–C) groups is 1. The number of morpholine rings is 1. The van der Waals surface area contributed by atoms with Crippen LogP contribution in [-0.4, -0.2) is 60.8 Å². The van der Waals surface area contributed by atoms with Crippen LogP contribution in [0.15, 0.2) is 29.3 Å². The van der Waals surface area contributed by atoms with E-state index >= 15 is 0 Å². The number of guanidine groups is 1. The summed E-state index contributed by atoms with van der Waals surface area (Å²) in [5, 5.41) is 14.1. The van der Waals surface area contributed by atoms with Gasteiger partial charge in [-0.25, -0.2) is 4.99 Å². The van der Waals surface area contributed by atoms with Gasteiger partial charge in [0.15, 0.2) is 5.96 Å². The normalized spacial score (nSPS) is 23.0. The Kier molecular flexibility index (Phi) is 8.71. The Bertz CT molecular complexity index is 635. The summed E-state index contributed by atoms with van der Waals surface area (Å²) in [6, 6.07) is 6.53. The topological polar surface area (TPSA) is 89.2 Å². The Hall–Kier alpha value is -1.46. The Morgan fingerprint density at radius 3 is 2.67 bits per heavy atom. The summed E-state index contributed by atoms with van der Waals surface area (Å²) in [7, 11) is 0. The van der Waals surface area contributed by atoms with E-state index in [-0.39, 0.29) is 41.9 Å². The molecule has 2 aliphatic heterocycles. The van der Waals surface area contributed by atoms with Crippen molar-refractivity contribution in [1.29, 1.82) is 0 Å². The van der Waals surface area contributed by atoms with Crippen molar-refractivity contribution in [3.63, 3.8) is 0 Å². The van der Waals surface area contributed by atoms with Crippen LogP contribution in [0.2, 0.25) is 0 Å². The predicted molar refractivity (Wildman–Crippen MR) is 114 cm³/mol. The minimum atomic E-state index is -0.393. The maximum atomic E-state index is 10.7. The minimum Gasteiger partial charge on any atom is -0.375 e. The molecule has 0 spiro atoms. The SMILES string of the molecule is CCNC(=NCc1ccc([N+](=O)[O-])cc1)N1CCOC(C2CCCO2)C1.I. The average Bonchev–Trinajstić information content (AvgIpc) is 3.20. The fourth-order valence-electron chi connectivity index (χ4n) is 3.30. The van der Waals surface area contributed by atoms with Crippen molar-refractivity contribution in [2.24, 2.45) is 4.99 Å². The van der Waals surface area contributed by atoms with Crippen molar-refractivity contribution in [2.45, 2.75) is 38.5 Å². The lowest BCUT2D eigenvalue weighted by Crippen LogP contribution is -2.53. The fourth-order valence-corrected chi connectivity index (χ4v) is 3.30. The van der Waals surface area contributed by atoms with Gasteiger partial charge in [-0.05, 0) is 25.3 Å². The molecule has 1 aromatic carbocycles. The molecule has 1 aromatic rings. The van der Waals surface area contributed by atoms with E-state index in [0.717, 1.165) is 50.6 Å². The summed E-state index contributed by atoms with van der Waals surface area (Å²) in [4.78, 5) is 17.3. The molecule has 2 heterocycles. The zero-order chi connectivity index (χ0) is 18.4. The van der Waals surface area contributed by atoms with Crippen LogP contribution in [0.3, 0.4) is 0 Å². The second-order valence-electron chi connectivity index (χ2n) is 6.50.